The average Bonchev–Trinajstić information content (AvgIpc) is 2.66. The zero-order chi connectivity index (χ0) is 20.4. The van der Waals surface area contributed by atoms with Gasteiger partial charge in [0.2, 0.25) is 0 Å². The first-order valence-electron chi connectivity index (χ1n) is 9.68. The Kier molecular flexibility index (Phi) is 5.37. The van der Waals surface area contributed by atoms with E-state index in [0.29, 0.717) is 37.8 Å². The van der Waals surface area contributed by atoms with E-state index in [1.54, 1.807) is 0 Å². The standard InChI is InChI=1S/C21H29N3O4/c1-19(2,3)28-17(25)20-9-11-21(12-10-20,16(13-20)24-22)23-18(26)27-14-15-7-5-4-6-8-15/h4-8H,9-14,22H2,1-3H3,(H,23,26)/b24-16+. The lowest BCUT2D eigenvalue weighted by Crippen LogP contribution is -2.64. The van der Waals surface area contributed by atoms with Gasteiger partial charge in [0.15, 0.2) is 0 Å². The lowest BCUT2D eigenvalue weighted by Gasteiger charge is -2.52. The molecule has 1 aromatic carbocycles. The third-order valence-corrected chi connectivity index (χ3v) is 5.66. The zero-order valence-electron chi connectivity index (χ0n) is 16.8. The van der Waals surface area contributed by atoms with Gasteiger partial charge in [0, 0.05) is 6.42 Å². The van der Waals surface area contributed by atoms with Crippen LogP contribution in [-0.2, 0) is 20.9 Å². The van der Waals surface area contributed by atoms with Gasteiger partial charge in [-0.1, -0.05) is 30.3 Å². The highest BCUT2D eigenvalue weighted by Gasteiger charge is 2.58. The second-order valence-electron chi connectivity index (χ2n) is 8.80. The number of nitrogens with two attached hydrogens (primary N) is 1. The van der Waals surface area contributed by atoms with E-state index >= 15 is 0 Å². The first-order chi connectivity index (χ1) is 13.2. The molecule has 0 saturated heterocycles. The molecule has 7 nitrogen and oxygen atoms in total. The molecule has 3 aliphatic carbocycles. The number of rotatable bonds is 4. The Morgan fingerprint density at radius 3 is 2.36 bits per heavy atom. The molecule has 1 aromatic rings. The Morgan fingerprint density at radius 2 is 1.79 bits per heavy atom. The Bertz CT molecular complexity index is 760. The summed E-state index contributed by atoms with van der Waals surface area (Å²) in [5, 5.41) is 6.91. The van der Waals surface area contributed by atoms with Crippen molar-refractivity contribution in [2.24, 2.45) is 16.4 Å². The van der Waals surface area contributed by atoms with Gasteiger partial charge < -0.3 is 20.6 Å². The SMILES string of the molecule is CC(C)(C)OC(=O)C12CCC(NC(=O)OCc3ccccc3)(CC1)/C(=N/N)C2. The number of carbonyl (C=O) groups excluding carboxylic acids is 2. The topological polar surface area (TPSA) is 103 Å². The summed E-state index contributed by atoms with van der Waals surface area (Å²) in [6.45, 7) is 5.78. The summed E-state index contributed by atoms with van der Waals surface area (Å²) < 4.78 is 11.0. The highest BCUT2D eigenvalue weighted by molar-refractivity contribution is 6.01. The predicted molar refractivity (Wildman–Crippen MR) is 105 cm³/mol. The molecule has 0 aromatic heterocycles. The molecular formula is C21H29N3O4. The third-order valence-electron chi connectivity index (χ3n) is 5.66. The number of hydrazone groups is 1. The maximum absolute atomic E-state index is 12.8. The van der Waals surface area contributed by atoms with Gasteiger partial charge in [0.25, 0.3) is 0 Å². The molecule has 3 aliphatic rings. The quantitative estimate of drug-likeness (QED) is 0.469. The van der Waals surface area contributed by atoms with Crippen LogP contribution in [0.5, 0.6) is 0 Å². The second-order valence-corrected chi connectivity index (χ2v) is 8.80. The van der Waals surface area contributed by atoms with Crippen LogP contribution in [0.2, 0.25) is 0 Å². The molecule has 3 saturated carbocycles. The molecule has 2 bridgehead atoms. The summed E-state index contributed by atoms with van der Waals surface area (Å²) in [5.74, 6) is 5.44. The van der Waals surface area contributed by atoms with Crippen molar-refractivity contribution in [3.8, 4) is 0 Å². The highest BCUT2D eigenvalue weighted by atomic mass is 16.6. The molecule has 4 rings (SSSR count). The molecule has 28 heavy (non-hydrogen) atoms. The fourth-order valence-corrected chi connectivity index (χ4v) is 4.09. The molecule has 0 atom stereocenters. The van der Waals surface area contributed by atoms with Crippen LogP contribution in [0.1, 0.15) is 58.4 Å². The molecule has 3 N–H and O–H groups in total. The molecule has 3 fully saturated rings. The third kappa shape index (κ3) is 4.13. The first-order valence-corrected chi connectivity index (χ1v) is 9.68. The number of nitrogens with one attached hydrogen (secondary N) is 1. The fourth-order valence-electron chi connectivity index (χ4n) is 4.09. The molecule has 1 amide bonds. The van der Waals surface area contributed by atoms with Crippen molar-refractivity contribution in [1.82, 2.24) is 5.32 Å². The number of nitrogens with zero attached hydrogens (tertiary/aromatic N) is 1. The van der Waals surface area contributed by atoms with Gasteiger partial charge in [-0.3, -0.25) is 4.79 Å². The Labute approximate surface area is 165 Å². The Hall–Kier alpha value is -2.57. The van der Waals surface area contributed by atoms with E-state index in [-0.39, 0.29) is 12.6 Å². The van der Waals surface area contributed by atoms with Crippen molar-refractivity contribution in [2.75, 3.05) is 0 Å². The molecule has 0 aliphatic heterocycles. The molecule has 0 unspecified atom stereocenters. The van der Waals surface area contributed by atoms with E-state index in [0.717, 1.165) is 5.56 Å². The number of carbonyl (C=O) groups is 2. The van der Waals surface area contributed by atoms with Crippen LogP contribution in [0.25, 0.3) is 0 Å². The van der Waals surface area contributed by atoms with Crippen LogP contribution >= 0.6 is 0 Å². The monoisotopic (exact) mass is 387 g/mol. The van der Waals surface area contributed by atoms with Crippen molar-refractivity contribution >= 4 is 17.8 Å². The van der Waals surface area contributed by atoms with Crippen LogP contribution in [0.3, 0.4) is 0 Å². The van der Waals surface area contributed by atoms with E-state index in [9.17, 15) is 9.59 Å². The van der Waals surface area contributed by atoms with E-state index in [1.165, 1.54) is 0 Å². The minimum Gasteiger partial charge on any atom is -0.460 e. The van der Waals surface area contributed by atoms with Crippen molar-refractivity contribution in [1.29, 1.82) is 0 Å². The summed E-state index contributed by atoms with van der Waals surface area (Å²) in [6, 6.07) is 9.50. The van der Waals surface area contributed by atoms with E-state index in [1.807, 2.05) is 51.1 Å². The predicted octanol–water partition coefficient (Wildman–Crippen LogP) is 3.27. The largest absolute Gasteiger partial charge is 0.460 e. The van der Waals surface area contributed by atoms with Gasteiger partial charge in [-0.2, -0.15) is 5.10 Å². The minimum absolute atomic E-state index is 0.194. The molecule has 0 spiro atoms. The minimum atomic E-state index is -0.647. The number of fused-ring (bicyclic) bond motifs is 3. The van der Waals surface area contributed by atoms with Crippen molar-refractivity contribution in [3.63, 3.8) is 0 Å². The zero-order valence-corrected chi connectivity index (χ0v) is 16.8. The van der Waals surface area contributed by atoms with Gasteiger partial charge in [-0.05, 0) is 52.0 Å². The second kappa shape index (κ2) is 7.45. The van der Waals surface area contributed by atoms with Crippen LogP contribution in [0, 0.1) is 5.41 Å². The number of hydrogen-bond donors (Lipinski definition) is 2. The van der Waals surface area contributed by atoms with Crippen LogP contribution in [-0.4, -0.2) is 28.9 Å². The number of ether oxygens (including phenoxy) is 2. The maximum atomic E-state index is 12.8. The number of benzene rings is 1. The first kappa shape index (κ1) is 20.2. The number of amides is 1. The Morgan fingerprint density at radius 1 is 1.14 bits per heavy atom. The van der Waals surface area contributed by atoms with Crippen molar-refractivity contribution in [2.45, 2.75) is 70.6 Å². The highest BCUT2D eigenvalue weighted by Crippen LogP contribution is 2.52. The molecule has 7 heteroatoms. The summed E-state index contributed by atoms with van der Waals surface area (Å²) in [7, 11) is 0. The smallest absolute Gasteiger partial charge is 0.408 e. The number of hydrogen-bond acceptors (Lipinski definition) is 6. The average molecular weight is 387 g/mol. The van der Waals surface area contributed by atoms with Gasteiger partial charge in [-0.15, -0.1) is 0 Å². The summed E-state index contributed by atoms with van der Waals surface area (Å²) in [5.41, 5.74) is -0.251. The maximum Gasteiger partial charge on any atom is 0.408 e. The van der Waals surface area contributed by atoms with Crippen LogP contribution in [0.4, 0.5) is 4.79 Å². The number of esters is 1. The summed E-state index contributed by atoms with van der Waals surface area (Å²) in [6.07, 6.45) is 2.32. The van der Waals surface area contributed by atoms with Gasteiger partial charge in [0.1, 0.15) is 12.2 Å². The normalized spacial score (nSPS) is 28.0. The van der Waals surface area contributed by atoms with Gasteiger partial charge in [-0.25, -0.2) is 4.79 Å². The van der Waals surface area contributed by atoms with Gasteiger partial charge >= 0.3 is 12.1 Å². The van der Waals surface area contributed by atoms with Crippen molar-refractivity contribution in [3.05, 3.63) is 35.9 Å². The Balaban J connectivity index is 1.66. The van der Waals surface area contributed by atoms with E-state index < -0.39 is 22.6 Å². The molecule has 0 heterocycles. The van der Waals surface area contributed by atoms with Crippen LogP contribution < -0.4 is 11.2 Å². The van der Waals surface area contributed by atoms with Crippen LogP contribution in [0.15, 0.2) is 35.4 Å². The lowest BCUT2D eigenvalue weighted by molar-refractivity contribution is -0.171. The number of alkyl carbamates (subject to hydrolysis) is 1. The van der Waals surface area contributed by atoms with Crippen molar-refractivity contribution < 1.29 is 19.1 Å². The van der Waals surface area contributed by atoms with Gasteiger partial charge in [0.05, 0.1) is 16.7 Å². The summed E-state index contributed by atoms with van der Waals surface area (Å²) in [4.78, 5) is 25.2. The lowest BCUT2D eigenvalue weighted by atomic mass is 9.56. The van der Waals surface area contributed by atoms with E-state index in [4.69, 9.17) is 15.3 Å². The summed E-state index contributed by atoms with van der Waals surface area (Å²) >= 11 is 0. The molecular weight excluding hydrogens is 358 g/mol. The molecule has 0 radical (unpaired) electrons. The fraction of sp³-hybridized carbons (Fsp3) is 0.571. The molecule has 152 valence electrons. The van der Waals surface area contributed by atoms with E-state index in [2.05, 4.69) is 10.4 Å².